The van der Waals surface area contributed by atoms with E-state index in [1.807, 2.05) is 12.1 Å². The molecule has 1 fully saturated rings. The molecule has 30 heavy (non-hydrogen) atoms. The molecule has 0 unspecified atom stereocenters. The average Bonchev–Trinajstić information content (AvgIpc) is 2.92. The molecule has 2 aromatic carbocycles. The van der Waals surface area contributed by atoms with Crippen molar-refractivity contribution in [3.05, 3.63) is 64.7 Å². The predicted molar refractivity (Wildman–Crippen MR) is 110 cm³/mol. The van der Waals surface area contributed by atoms with Gasteiger partial charge in [0.2, 0.25) is 0 Å². The Morgan fingerprint density at radius 2 is 1.60 bits per heavy atom. The highest BCUT2D eigenvalue weighted by atomic mass is 19.4. The van der Waals surface area contributed by atoms with Gasteiger partial charge in [-0.3, -0.25) is 14.6 Å². The van der Waals surface area contributed by atoms with Gasteiger partial charge in [0, 0.05) is 37.3 Å². The summed E-state index contributed by atoms with van der Waals surface area (Å²) in [6, 6.07) is 10.9. The minimum absolute atomic E-state index is 0.0255. The first kappa shape index (κ1) is 22.3. The number of rotatable bonds is 6. The summed E-state index contributed by atoms with van der Waals surface area (Å²) in [6.45, 7) is 6.35. The fourth-order valence-electron chi connectivity index (χ4n) is 3.76. The van der Waals surface area contributed by atoms with Gasteiger partial charge in [0.05, 0.1) is 12.7 Å². The minimum Gasteiger partial charge on any atom is -0.496 e. The Morgan fingerprint density at radius 1 is 0.967 bits per heavy atom. The molecule has 3 rings (SSSR count). The van der Waals surface area contributed by atoms with Crippen LogP contribution in [0.25, 0.3) is 0 Å². The van der Waals surface area contributed by atoms with Crippen LogP contribution in [0.3, 0.4) is 0 Å². The van der Waals surface area contributed by atoms with Crippen LogP contribution in [0.1, 0.15) is 40.4 Å². The Kier molecular flexibility index (Phi) is 7.15. The number of methoxy groups -OCH3 is 1. The monoisotopic (exact) mass is 420 g/mol. The summed E-state index contributed by atoms with van der Waals surface area (Å²) in [5.41, 5.74) is 1.92. The Balaban J connectivity index is 1.60. The third kappa shape index (κ3) is 5.83. The van der Waals surface area contributed by atoms with Crippen LogP contribution in [0.4, 0.5) is 13.2 Å². The van der Waals surface area contributed by atoms with Crippen molar-refractivity contribution in [3.63, 3.8) is 0 Å². The summed E-state index contributed by atoms with van der Waals surface area (Å²) >= 11 is 0. The second-order valence-electron chi connectivity index (χ2n) is 7.68. The van der Waals surface area contributed by atoms with E-state index in [2.05, 4.69) is 9.80 Å². The van der Waals surface area contributed by atoms with Crippen molar-refractivity contribution in [1.82, 2.24) is 9.80 Å². The van der Waals surface area contributed by atoms with E-state index < -0.39 is 11.7 Å². The lowest BCUT2D eigenvalue weighted by atomic mass is 10.1. The van der Waals surface area contributed by atoms with E-state index >= 15 is 0 Å². The highest BCUT2D eigenvalue weighted by molar-refractivity contribution is 5.94. The van der Waals surface area contributed by atoms with Crippen molar-refractivity contribution in [2.75, 3.05) is 33.3 Å². The van der Waals surface area contributed by atoms with E-state index in [1.165, 1.54) is 0 Å². The summed E-state index contributed by atoms with van der Waals surface area (Å²) in [5, 5.41) is 0. The summed E-state index contributed by atoms with van der Waals surface area (Å²) < 4.78 is 43.7. The van der Waals surface area contributed by atoms with Crippen molar-refractivity contribution in [2.24, 2.45) is 0 Å². The SMILES string of the molecule is COc1ccc(C(C)=O)cc1CN1CCCN(Cc2ccc(C(F)(F)F)cc2)CC1. The first-order valence-electron chi connectivity index (χ1n) is 10.0. The van der Waals surface area contributed by atoms with Crippen molar-refractivity contribution in [2.45, 2.75) is 32.6 Å². The van der Waals surface area contributed by atoms with Crippen molar-refractivity contribution in [3.8, 4) is 5.75 Å². The largest absolute Gasteiger partial charge is 0.496 e. The van der Waals surface area contributed by atoms with Crippen LogP contribution in [-0.2, 0) is 19.3 Å². The van der Waals surface area contributed by atoms with E-state index in [9.17, 15) is 18.0 Å². The number of Topliss-reactive ketones (excluding diaryl/α,β-unsaturated/α-hetero) is 1. The summed E-state index contributed by atoms with van der Waals surface area (Å²) in [6.07, 6.45) is -3.34. The fourth-order valence-corrected chi connectivity index (χ4v) is 3.76. The molecule has 0 N–H and O–H groups in total. The van der Waals surface area contributed by atoms with Crippen LogP contribution in [0.15, 0.2) is 42.5 Å². The Bertz CT molecular complexity index is 866. The maximum absolute atomic E-state index is 12.7. The van der Waals surface area contributed by atoms with Crippen LogP contribution in [0.5, 0.6) is 5.75 Å². The molecule has 0 amide bonds. The van der Waals surface area contributed by atoms with Crippen molar-refractivity contribution < 1.29 is 22.7 Å². The third-order valence-corrected chi connectivity index (χ3v) is 5.45. The van der Waals surface area contributed by atoms with Gasteiger partial charge in [0.15, 0.2) is 5.78 Å². The maximum Gasteiger partial charge on any atom is 0.416 e. The van der Waals surface area contributed by atoms with E-state index in [4.69, 9.17) is 4.74 Å². The molecule has 0 saturated carbocycles. The highest BCUT2D eigenvalue weighted by Crippen LogP contribution is 2.29. The zero-order valence-electron chi connectivity index (χ0n) is 17.3. The lowest BCUT2D eigenvalue weighted by Gasteiger charge is -2.23. The highest BCUT2D eigenvalue weighted by Gasteiger charge is 2.30. The molecule has 7 heteroatoms. The quantitative estimate of drug-likeness (QED) is 0.639. The number of hydrogen-bond acceptors (Lipinski definition) is 4. The number of alkyl halides is 3. The summed E-state index contributed by atoms with van der Waals surface area (Å²) in [7, 11) is 1.63. The van der Waals surface area contributed by atoms with Crippen molar-refractivity contribution in [1.29, 1.82) is 0 Å². The molecular weight excluding hydrogens is 393 g/mol. The molecule has 1 aliphatic rings. The smallest absolute Gasteiger partial charge is 0.416 e. The molecule has 0 aromatic heterocycles. The van der Waals surface area contributed by atoms with Gasteiger partial charge in [-0.1, -0.05) is 12.1 Å². The van der Waals surface area contributed by atoms with Gasteiger partial charge >= 0.3 is 6.18 Å². The molecule has 1 saturated heterocycles. The number of benzene rings is 2. The van der Waals surface area contributed by atoms with Gasteiger partial charge in [-0.25, -0.2) is 0 Å². The third-order valence-electron chi connectivity index (χ3n) is 5.45. The van der Waals surface area contributed by atoms with E-state index in [0.29, 0.717) is 18.7 Å². The van der Waals surface area contributed by atoms with Crippen LogP contribution < -0.4 is 4.74 Å². The van der Waals surface area contributed by atoms with Crippen molar-refractivity contribution >= 4 is 5.78 Å². The fraction of sp³-hybridized carbons (Fsp3) is 0.435. The number of ketones is 1. The molecule has 4 nitrogen and oxygen atoms in total. The number of carbonyl (C=O) groups is 1. The second-order valence-corrected chi connectivity index (χ2v) is 7.68. The molecule has 1 heterocycles. The predicted octanol–water partition coefficient (Wildman–Crippen LogP) is 4.62. The molecule has 0 aliphatic carbocycles. The molecule has 0 radical (unpaired) electrons. The van der Waals surface area contributed by atoms with Gasteiger partial charge in [-0.05, 0) is 62.3 Å². The van der Waals surface area contributed by atoms with Gasteiger partial charge < -0.3 is 4.74 Å². The number of hydrogen-bond donors (Lipinski definition) is 0. The van der Waals surface area contributed by atoms with Gasteiger partial charge in [0.1, 0.15) is 5.75 Å². The van der Waals surface area contributed by atoms with E-state index in [0.717, 1.165) is 61.6 Å². The zero-order chi connectivity index (χ0) is 21.7. The van der Waals surface area contributed by atoms with Crippen LogP contribution in [0.2, 0.25) is 0 Å². The standard InChI is InChI=1S/C23H27F3N2O2/c1-17(29)19-6-9-22(30-2)20(14-19)16-28-11-3-10-27(12-13-28)15-18-4-7-21(8-5-18)23(24,25)26/h4-9,14H,3,10-13,15-16H2,1-2H3. The number of nitrogens with zero attached hydrogens (tertiary/aromatic N) is 2. The lowest BCUT2D eigenvalue weighted by molar-refractivity contribution is -0.137. The minimum atomic E-state index is -4.30. The molecule has 1 aliphatic heterocycles. The van der Waals surface area contributed by atoms with Crippen LogP contribution in [-0.4, -0.2) is 48.9 Å². The second kappa shape index (κ2) is 9.62. The molecular formula is C23H27F3N2O2. The van der Waals surface area contributed by atoms with E-state index in [1.54, 1.807) is 32.2 Å². The lowest BCUT2D eigenvalue weighted by Crippen LogP contribution is -2.30. The number of ether oxygens (including phenoxy) is 1. The topological polar surface area (TPSA) is 32.8 Å². The molecule has 0 spiro atoms. The van der Waals surface area contributed by atoms with E-state index in [-0.39, 0.29) is 5.78 Å². The molecule has 0 atom stereocenters. The summed E-state index contributed by atoms with van der Waals surface area (Å²) in [4.78, 5) is 16.3. The first-order chi connectivity index (χ1) is 14.3. The number of carbonyl (C=O) groups excluding carboxylic acids is 1. The normalized spacial score (nSPS) is 16.3. The molecule has 0 bridgehead atoms. The number of halogens is 3. The Morgan fingerprint density at radius 3 is 2.17 bits per heavy atom. The Labute approximate surface area is 175 Å². The molecule has 162 valence electrons. The van der Waals surface area contributed by atoms with Gasteiger partial charge in [-0.2, -0.15) is 13.2 Å². The zero-order valence-corrected chi connectivity index (χ0v) is 17.3. The first-order valence-corrected chi connectivity index (χ1v) is 10.0. The van der Waals surface area contributed by atoms with Gasteiger partial charge in [-0.15, -0.1) is 0 Å². The van der Waals surface area contributed by atoms with Crippen LogP contribution in [0, 0.1) is 0 Å². The average molecular weight is 420 g/mol. The van der Waals surface area contributed by atoms with Crippen LogP contribution >= 0.6 is 0 Å². The summed E-state index contributed by atoms with van der Waals surface area (Å²) in [5.74, 6) is 0.795. The molecule has 2 aromatic rings. The Hall–Kier alpha value is -2.38. The maximum atomic E-state index is 12.7. The van der Waals surface area contributed by atoms with Gasteiger partial charge in [0.25, 0.3) is 0 Å².